The number of amides is 1. The highest BCUT2D eigenvalue weighted by atomic mass is 32.1. The van der Waals surface area contributed by atoms with Crippen LogP contribution in [0.1, 0.15) is 41.0 Å². The third-order valence-corrected chi connectivity index (χ3v) is 6.63. The molecule has 0 unspecified atom stereocenters. The summed E-state index contributed by atoms with van der Waals surface area (Å²) in [6.45, 7) is 3.51. The summed E-state index contributed by atoms with van der Waals surface area (Å²) in [6.07, 6.45) is 3.42. The number of thiophene rings is 1. The lowest BCUT2D eigenvalue weighted by Crippen LogP contribution is -2.28. The van der Waals surface area contributed by atoms with E-state index < -0.39 is 5.91 Å². The normalized spacial score (nSPS) is 14.5. The van der Waals surface area contributed by atoms with E-state index in [-0.39, 0.29) is 11.4 Å². The molecule has 3 heterocycles. The molecule has 4 rings (SSSR count). The molecule has 3 aromatic rings. The smallest absolute Gasteiger partial charge is 0.287 e. The molecule has 0 aliphatic carbocycles. The van der Waals surface area contributed by atoms with Gasteiger partial charge in [0.05, 0.1) is 19.1 Å². The number of ether oxygens (including phenoxy) is 2. The van der Waals surface area contributed by atoms with Crippen LogP contribution in [0.2, 0.25) is 0 Å². The fraction of sp³-hybridized carbons (Fsp3) is 0.435. The first-order valence-corrected chi connectivity index (χ1v) is 11.7. The van der Waals surface area contributed by atoms with Gasteiger partial charge < -0.3 is 25.1 Å². The monoisotopic (exact) mass is 456 g/mol. The Morgan fingerprint density at radius 2 is 2.16 bits per heavy atom. The highest BCUT2D eigenvalue weighted by molar-refractivity contribution is 7.16. The number of fused-ring (bicyclic) bond motifs is 1. The van der Waals surface area contributed by atoms with Crippen molar-refractivity contribution in [2.24, 2.45) is 5.92 Å². The molecule has 1 fully saturated rings. The van der Waals surface area contributed by atoms with E-state index in [0.29, 0.717) is 41.6 Å². The van der Waals surface area contributed by atoms with Gasteiger partial charge in [0.25, 0.3) is 11.5 Å². The first-order valence-electron chi connectivity index (χ1n) is 10.8. The molecule has 1 aromatic carbocycles. The summed E-state index contributed by atoms with van der Waals surface area (Å²) in [5, 5.41) is 8.54. The maximum atomic E-state index is 12.7. The van der Waals surface area contributed by atoms with Gasteiger partial charge in [-0.1, -0.05) is 12.1 Å². The Morgan fingerprint density at radius 3 is 2.97 bits per heavy atom. The number of nitrogens with zero attached hydrogens (tertiary/aromatic N) is 1. The van der Waals surface area contributed by atoms with Crippen LogP contribution in [0.4, 0.5) is 0 Å². The van der Waals surface area contributed by atoms with Crippen LogP contribution in [0, 0.1) is 5.92 Å². The van der Waals surface area contributed by atoms with Gasteiger partial charge in [-0.05, 0) is 61.3 Å². The molecule has 1 aliphatic heterocycles. The molecular formula is C23H28N4O4S. The van der Waals surface area contributed by atoms with Gasteiger partial charge in [-0.25, -0.2) is 4.98 Å². The van der Waals surface area contributed by atoms with Crippen LogP contribution in [0.25, 0.3) is 10.2 Å². The first-order chi connectivity index (χ1) is 15.6. The number of aromatic amines is 1. The quantitative estimate of drug-likeness (QED) is 0.428. The van der Waals surface area contributed by atoms with E-state index >= 15 is 0 Å². The van der Waals surface area contributed by atoms with E-state index in [9.17, 15) is 9.59 Å². The number of rotatable bonds is 9. The number of aromatic nitrogens is 2. The third-order valence-electron chi connectivity index (χ3n) is 5.71. The number of H-pyrrole nitrogens is 1. The van der Waals surface area contributed by atoms with Crippen LogP contribution < -0.4 is 20.9 Å². The Morgan fingerprint density at radius 1 is 1.31 bits per heavy atom. The van der Waals surface area contributed by atoms with Crippen molar-refractivity contribution in [3.05, 3.63) is 57.0 Å². The van der Waals surface area contributed by atoms with Gasteiger partial charge in [0.1, 0.15) is 10.6 Å². The van der Waals surface area contributed by atoms with Crippen molar-refractivity contribution in [1.82, 2.24) is 20.6 Å². The lowest BCUT2D eigenvalue weighted by Gasteiger charge is -2.22. The van der Waals surface area contributed by atoms with Crippen molar-refractivity contribution in [2.45, 2.75) is 32.4 Å². The Kier molecular flexibility index (Phi) is 7.51. The van der Waals surface area contributed by atoms with Crippen LogP contribution in [0.15, 0.2) is 34.4 Å². The second-order valence-electron chi connectivity index (χ2n) is 7.92. The molecule has 3 N–H and O–H groups in total. The van der Waals surface area contributed by atoms with Crippen LogP contribution in [0.3, 0.4) is 0 Å². The number of carbonyl (C=O) groups excluding carboxylic acids is 1. The molecule has 1 aliphatic rings. The topological polar surface area (TPSA) is 105 Å². The average molecular weight is 457 g/mol. The number of hydrogen-bond acceptors (Lipinski definition) is 7. The fourth-order valence-corrected chi connectivity index (χ4v) is 4.80. The van der Waals surface area contributed by atoms with E-state index in [4.69, 9.17) is 9.47 Å². The van der Waals surface area contributed by atoms with Crippen molar-refractivity contribution < 1.29 is 14.3 Å². The molecule has 32 heavy (non-hydrogen) atoms. The number of carbonyl (C=O) groups is 1. The Hall–Kier alpha value is -2.75. The van der Waals surface area contributed by atoms with E-state index in [0.717, 1.165) is 30.6 Å². The fourth-order valence-electron chi connectivity index (χ4n) is 3.87. The summed E-state index contributed by atoms with van der Waals surface area (Å²) < 4.78 is 11.0. The number of benzene rings is 1. The molecule has 0 spiro atoms. The van der Waals surface area contributed by atoms with Gasteiger partial charge in [-0.15, -0.1) is 11.3 Å². The van der Waals surface area contributed by atoms with Crippen LogP contribution in [-0.4, -0.2) is 42.7 Å². The minimum atomic E-state index is -0.431. The molecule has 9 heteroatoms. The van der Waals surface area contributed by atoms with Crippen molar-refractivity contribution >= 4 is 27.5 Å². The van der Waals surface area contributed by atoms with Crippen LogP contribution >= 0.6 is 11.3 Å². The second kappa shape index (κ2) is 10.7. The lowest BCUT2D eigenvalue weighted by atomic mass is 9.95. The van der Waals surface area contributed by atoms with Crippen molar-refractivity contribution in [3.8, 4) is 5.75 Å². The summed E-state index contributed by atoms with van der Waals surface area (Å²) in [7, 11) is 1.59. The lowest BCUT2D eigenvalue weighted by molar-refractivity contribution is 0.0940. The summed E-state index contributed by atoms with van der Waals surface area (Å²) in [4.78, 5) is 32.7. The zero-order chi connectivity index (χ0) is 22.3. The highest BCUT2D eigenvalue weighted by Crippen LogP contribution is 2.22. The number of methoxy groups -OCH3 is 1. The van der Waals surface area contributed by atoms with Crippen molar-refractivity contribution in [3.63, 3.8) is 0 Å². The summed E-state index contributed by atoms with van der Waals surface area (Å²) in [5.41, 5.74) is 1.38. The first kappa shape index (κ1) is 22.4. The molecule has 0 radical (unpaired) electrons. The standard InChI is InChI=1S/C23H28N4O4S/c1-30-18-4-2-3-16(11-18)12-25-22(29)20-26-21(28)19-17(14-32-23(19)27-20)13-31-10-7-15-5-8-24-9-6-15/h2-4,11,14-15,24H,5-10,12-13H2,1H3,(H,25,29)(H,26,27,28). The van der Waals surface area contributed by atoms with Crippen molar-refractivity contribution in [2.75, 3.05) is 26.8 Å². The predicted octanol–water partition coefficient (Wildman–Crippen LogP) is 2.83. The van der Waals surface area contributed by atoms with Gasteiger partial charge >= 0.3 is 0 Å². The minimum absolute atomic E-state index is 0.00521. The van der Waals surface area contributed by atoms with E-state index in [1.165, 1.54) is 24.2 Å². The van der Waals surface area contributed by atoms with Crippen LogP contribution in [0.5, 0.6) is 5.75 Å². The largest absolute Gasteiger partial charge is 0.497 e. The number of piperidine rings is 1. The van der Waals surface area contributed by atoms with E-state index in [1.807, 2.05) is 29.6 Å². The Balaban J connectivity index is 1.36. The Labute approximate surface area is 190 Å². The van der Waals surface area contributed by atoms with E-state index in [2.05, 4.69) is 20.6 Å². The average Bonchev–Trinajstić information content (AvgIpc) is 3.24. The zero-order valence-corrected chi connectivity index (χ0v) is 18.9. The molecule has 0 atom stereocenters. The van der Waals surface area contributed by atoms with Gasteiger partial charge in [0.15, 0.2) is 0 Å². The molecule has 2 aromatic heterocycles. The molecular weight excluding hydrogens is 428 g/mol. The molecule has 1 amide bonds. The second-order valence-corrected chi connectivity index (χ2v) is 8.78. The molecule has 8 nitrogen and oxygen atoms in total. The number of hydrogen-bond donors (Lipinski definition) is 3. The SMILES string of the molecule is COc1cccc(CNC(=O)c2nc3scc(COCCC4CCNCC4)c3c(=O)[nH]2)c1. The minimum Gasteiger partial charge on any atom is -0.497 e. The number of nitrogens with one attached hydrogen (secondary N) is 3. The van der Waals surface area contributed by atoms with E-state index in [1.54, 1.807) is 7.11 Å². The zero-order valence-electron chi connectivity index (χ0n) is 18.1. The highest BCUT2D eigenvalue weighted by Gasteiger charge is 2.16. The van der Waals surface area contributed by atoms with Crippen LogP contribution in [-0.2, 0) is 17.9 Å². The van der Waals surface area contributed by atoms with Gasteiger partial charge in [0.2, 0.25) is 5.82 Å². The Bertz CT molecular complexity index is 1120. The maximum absolute atomic E-state index is 12.7. The van der Waals surface area contributed by atoms with Gasteiger partial charge in [-0.2, -0.15) is 0 Å². The van der Waals surface area contributed by atoms with Crippen molar-refractivity contribution in [1.29, 1.82) is 0 Å². The summed E-state index contributed by atoms with van der Waals surface area (Å²) in [5.74, 6) is 0.998. The third kappa shape index (κ3) is 5.53. The summed E-state index contributed by atoms with van der Waals surface area (Å²) in [6, 6.07) is 7.42. The molecule has 0 bridgehead atoms. The maximum Gasteiger partial charge on any atom is 0.287 e. The summed E-state index contributed by atoms with van der Waals surface area (Å²) >= 11 is 1.35. The predicted molar refractivity (Wildman–Crippen MR) is 124 cm³/mol. The molecule has 1 saturated heterocycles. The molecule has 170 valence electrons. The molecule has 0 saturated carbocycles. The van der Waals surface area contributed by atoms with Gasteiger partial charge in [0, 0.05) is 18.7 Å². The van der Waals surface area contributed by atoms with Gasteiger partial charge in [-0.3, -0.25) is 9.59 Å².